The third kappa shape index (κ3) is 5.13. The minimum Gasteiger partial charge on any atom is -0.481 e. The first-order chi connectivity index (χ1) is 10.2. The summed E-state index contributed by atoms with van der Waals surface area (Å²) in [5.41, 5.74) is 0. The van der Waals surface area contributed by atoms with E-state index >= 15 is 0 Å². The van der Waals surface area contributed by atoms with Gasteiger partial charge in [-0.2, -0.15) is 4.98 Å². The van der Waals surface area contributed by atoms with Crippen LogP contribution in [0.2, 0.25) is 0 Å². The van der Waals surface area contributed by atoms with E-state index in [-0.39, 0.29) is 5.92 Å². The Balaban J connectivity index is 1.80. The molecule has 1 N–H and O–H groups in total. The topological polar surface area (TPSA) is 59.5 Å². The fourth-order valence-electron chi connectivity index (χ4n) is 2.24. The summed E-state index contributed by atoms with van der Waals surface area (Å²) in [7, 11) is 1.63. The van der Waals surface area contributed by atoms with Gasteiger partial charge in [-0.3, -0.25) is 4.90 Å². The first-order valence-corrected chi connectivity index (χ1v) is 7.66. The summed E-state index contributed by atoms with van der Waals surface area (Å²) < 4.78 is 10.6. The van der Waals surface area contributed by atoms with E-state index in [9.17, 15) is 0 Å². The van der Waals surface area contributed by atoms with Crippen LogP contribution in [0.3, 0.4) is 0 Å². The molecule has 6 heteroatoms. The lowest BCUT2D eigenvalue weighted by molar-refractivity contribution is 0.0378. The minimum atomic E-state index is 0.286. The van der Waals surface area contributed by atoms with Crippen LogP contribution >= 0.6 is 0 Å². The number of morpholine rings is 1. The summed E-state index contributed by atoms with van der Waals surface area (Å²) in [5.74, 6) is 2.55. The van der Waals surface area contributed by atoms with E-state index in [4.69, 9.17) is 9.47 Å². The average Bonchev–Trinajstić information content (AvgIpc) is 2.52. The predicted molar refractivity (Wildman–Crippen MR) is 83.0 cm³/mol. The predicted octanol–water partition coefficient (Wildman–Crippen LogP) is 1.74. The summed E-state index contributed by atoms with van der Waals surface area (Å²) in [5, 5.41) is 3.37. The van der Waals surface area contributed by atoms with E-state index in [2.05, 4.69) is 34.0 Å². The smallest absolute Gasteiger partial charge is 0.218 e. The molecule has 0 amide bonds. The number of nitrogens with one attached hydrogen (secondary N) is 1. The number of ether oxygens (including phenoxy) is 2. The maximum Gasteiger partial charge on any atom is 0.218 e. The second kappa shape index (κ2) is 8.14. The van der Waals surface area contributed by atoms with Gasteiger partial charge in [0.25, 0.3) is 0 Å². The SMILES string of the molecule is COc1cc(NCCCN2CCOCC2)nc(C(C)C)n1. The first-order valence-electron chi connectivity index (χ1n) is 7.66. The molecule has 118 valence electrons. The molecule has 1 aromatic rings. The number of nitrogens with zero attached hydrogens (tertiary/aromatic N) is 3. The van der Waals surface area contributed by atoms with E-state index in [1.165, 1.54) is 0 Å². The molecule has 21 heavy (non-hydrogen) atoms. The highest BCUT2D eigenvalue weighted by Crippen LogP contribution is 2.18. The lowest BCUT2D eigenvalue weighted by Crippen LogP contribution is -2.37. The van der Waals surface area contributed by atoms with Gasteiger partial charge in [-0.15, -0.1) is 0 Å². The maximum atomic E-state index is 5.35. The summed E-state index contributed by atoms with van der Waals surface area (Å²) in [6, 6.07) is 1.85. The molecule has 1 aliphatic heterocycles. The van der Waals surface area contributed by atoms with Gasteiger partial charge in [-0.1, -0.05) is 13.8 Å². The van der Waals surface area contributed by atoms with E-state index < -0.39 is 0 Å². The van der Waals surface area contributed by atoms with Crippen molar-refractivity contribution in [2.45, 2.75) is 26.2 Å². The van der Waals surface area contributed by atoms with Crippen LogP contribution in [0.15, 0.2) is 6.07 Å². The lowest BCUT2D eigenvalue weighted by Gasteiger charge is -2.26. The highest BCUT2D eigenvalue weighted by atomic mass is 16.5. The molecule has 0 spiro atoms. The van der Waals surface area contributed by atoms with Crippen molar-refractivity contribution in [1.29, 1.82) is 0 Å². The van der Waals surface area contributed by atoms with Crippen molar-refractivity contribution < 1.29 is 9.47 Å². The third-order valence-corrected chi connectivity index (χ3v) is 3.51. The average molecular weight is 294 g/mol. The lowest BCUT2D eigenvalue weighted by atomic mass is 10.2. The zero-order valence-corrected chi connectivity index (χ0v) is 13.3. The highest BCUT2D eigenvalue weighted by Gasteiger charge is 2.10. The molecule has 0 aromatic carbocycles. The molecule has 1 fully saturated rings. The molecule has 6 nitrogen and oxygen atoms in total. The molecular weight excluding hydrogens is 268 g/mol. The highest BCUT2D eigenvalue weighted by molar-refractivity contribution is 5.38. The van der Waals surface area contributed by atoms with Crippen molar-refractivity contribution in [2.24, 2.45) is 0 Å². The van der Waals surface area contributed by atoms with Crippen LogP contribution in [0.4, 0.5) is 5.82 Å². The van der Waals surface area contributed by atoms with E-state index in [0.717, 1.165) is 57.5 Å². The standard InChI is InChI=1S/C15H26N4O2/c1-12(2)15-17-13(11-14(18-15)20-3)16-5-4-6-19-7-9-21-10-8-19/h11-12H,4-10H2,1-3H3,(H,16,17,18). The van der Waals surface area contributed by atoms with Crippen molar-refractivity contribution in [3.8, 4) is 5.88 Å². The van der Waals surface area contributed by atoms with E-state index in [1.807, 2.05) is 6.07 Å². The van der Waals surface area contributed by atoms with Crippen LogP contribution in [0.25, 0.3) is 0 Å². The number of hydrogen-bond donors (Lipinski definition) is 1. The normalized spacial score (nSPS) is 16.2. The molecule has 1 aliphatic rings. The molecule has 2 rings (SSSR count). The fraction of sp³-hybridized carbons (Fsp3) is 0.733. The van der Waals surface area contributed by atoms with Crippen molar-refractivity contribution in [3.05, 3.63) is 11.9 Å². The maximum absolute atomic E-state index is 5.35. The third-order valence-electron chi connectivity index (χ3n) is 3.51. The fourth-order valence-corrected chi connectivity index (χ4v) is 2.24. The van der Waals surface area contributed by atoms with E-state index in [0.29, 0.717) is 5.88 Å². The molecule has 0 unspecified atom stereocenters. The monoisotopic (exact) mass is 294 g/mol. The number of anilines is 1. The Bertz CT molecular complexity index is 434. The van der Waals surface area contributed by atoms with Gasteiger partial charge in [0.2, 0.25) is 5.88 Å². The van der Waals surface area contributed by atoms with Crippen molar-refractivity contribution >= 4 is 5.82 Å². The van der Waals surface area contributed by atoms with Crippen molar-refractivity contribution in [1.82, 2.24) is 14.9 Å². The molecule has 0 atom stereocenters. The van der Waals surface area contributed by atoms with Crippen LogP contribution in [-0.4, -0.2) is 61.4 Å². The van der Waals surface area contributed by atoms with Gasteiger partial charge in [-0.05, 0) is 13.0 Å². The van der Waals surface area contributed by atoms with Crippen molar-refractivity contribution in [3.63, 3.8) is 0 Å². The Morgan fingerprint density at radius 1 is 1.33 bits per heavy atom. The second-order valence-electron chi connectivity index (χ2n) is 5.54. The number of rotatable bonds is 7. The van der Waals surface area contributed by atoms with Crippen LogP contribution in [0, 0.1) is 0 Å². The molecule has 0 radical (unpaired) electrons. The molecule has 1 saturated heterocycles. The Labute approximate surface area is 126 Å². The number of hydrogen-bond acceptors (Lipinski definition) is 6. The van der Waals surface area contributed by atoms with Gasteiger partial charge in [0.1, 0.15) is 11.6 Å². The number of aromatic nitrogens is 2. The first kappa shape index (κ1) is 16.0. The molecule has 0 aliphatic carbocycles. The van der Waals surface area contributed by atoms with Crippen LogP contribution in [0.1, 0.15) is 32.0 Å². The quantitative estimate of drug-likeness (QED) is 0.773. The molecule has 2 heterocycles. The van der Waals surface area contributed by atoms with Crippen LogP contribution in [0.5, 0.6) is 5.88 Å². The van der Waals surface area contributed by atoms with Gasteiger partial charge in [0.15, 0.2) is 0 Å². The zero-order chi connectivity index (χ0) is 15.1. The van der Waals surface area contributed by atoms with E-state index in [1.54, 1.807) is 7.11 Å². The van der Waals surface area contributed by atoms with Crippen LogP contribution in [-0.2, 0) is 4.74 Å². The van der Waals surface area contributed by atoms with Gasteiger partial charge in [0.05, 0.1) is 20.3 Å². The largest absolute Gasteiger partial charge is 0.481 e. The molecule has 0 saturated carbocycles. The number of methoxy groups -OCH3 is 1. The Morgan fingerprint density at radius 3 is 2.76 bits per heavy atom. The Kier molecular flexibility index (Phi) is 6.20. The van der Waals surface area contributed by atoms with Crippen molar-refractivity contribution in [2.75, 3.05) is 51.8 Å². The molecule has 1 aromatic heterocycles. The Hall–Kier alpha value is -1.40. The van der Waals surface area contributed by atoms with Gasteiger partial charge < -0.3 is 14.8 Å². The second-order valence-corrected chi connectivity index (χ2v) is 5.54. The van der Waals surface area contributed by atoms with Gasteiger partial charge in [0, 0.05) is 31.6 Å². The van der Waals surface area contributed by atoms with Gasteiger partial charge >= 0.3 is 0 Å². The Morgan fingerprint density at radius 2 is 2.10 bits per heavy atom. The minimum absolute atomic E-state index is 0.286. The van der Waals surface area contributed by atoms with Gasteiger partial charge in [-0.25, -0.2) is 4.98 Å². The zero-order valence-electron chi connectivity index (χ0n) is 13.3. The summed E-state index contributed by atoms with van der Waals surface area (Å²) >= 11 is 0. The molecule has 0 bridgehead atoms. The van der Waals surface area contributed by atoms with Crippen LogP contribution < -0.4 is 10.1 Å². The summed E-state index contributed by atoms with van der Waals surface area (Å²) in [4.78, 5) is 11.3. The summed E-state index contributed by atoms with van der Waals surface area (Å²) in [6.45, 7) is 9.94. The molecular formula is C15H26N4O2. The summed E-state index contributed by atoms with van der Waals surface area (Å²) in [6.07, 6.45) is 1.09.